The molecular weight excluding hydrogens is 456 g/mol. The summed E-state index contributed by atoms with van der Waals surface area (Å²) in [6.45, 7) is 4.04. The molecule has 0 saturated heterocycles. The van der Waals surface area contributed by atoms with Crippen LogP contribution in [-0.4, -0.2) is 15.8 Å². The minimum atomic E-state index is -0.715. The first-order chi connectivity index (χ1) is 16.2. The Kier molecular flexibility index (Phi) is 5.64. The zero-order chi connectivity index (χ0) is 24.0. The van der Waals surface area contributed by atoms with Gasteiger partial charge in [0.25, 0.3) is 5.56 Å². The molecule has 174 valence electrons. The molecule has 5 rings (SSSR count). The molecule has 0 spiro atoms. The van der Waals surface area contributed by atoms with Crippen molar-refractivity contribution in [3.05, 3.63) is 98.5 Å². The van der Waals surface area contributed by atoms with Crippen LogP contribution in [0, 0.1) is 17.0 Å². The molecule has 0 fully saturated rings. The van der Waals surface area contributed by atoms with E-state index in [9.17, 15) is 18.4 Å². The van der Waals surface area contributed by atoms with E-state index in [0.29, 0.717) is 52.0 Å². The number of anilines is 1. The lowest BCUT2D eigenvalue weighted by Gasteiger charge is -2.38. The molecule has 8 heteroatoms. The van der Waals surface area contributed by atoms with Gasteiger partial charge in [0.15, 0.2) is 10.9 Å². The smallest absolute Gasteiger partial charge is 0.257 e. The Hall–Kier alpha value is -3.26. The fourth-order valence-electron chi connectivity index (χ4n) is 4.74. The number of Topliss-reactive ketones (excluding diaryl/α,β-unsaturated/α-hetero) is 1. The number of rotatable bonds is 4. The average molecular weight is 480 g/mol. The quantitative estimate of drug-likeness (QED) is 0.380. The van der Waals surface area contributed by atoms with Crippen molar-refractivity contribution in [2.24, 2.45) is 5.41 Å². The second-order valence-corrected chi connectivity index (χ2v) is 10.4. The number of benzene rings is 2. The van der Waals surface area contributed by atoms with Crippen molar-refractivity contribution in [1.82, 2.24) is 9.97 Å². The second kappa shape index (κ2) is 8.51. The minimum Gasteiger partial charge on any atom is -0.343 e. The zero-order valence-corrected chi connectivity index (χ0v) is 19.6. The molecule has 1 aromatic heterocycles. The van der Waals surface area contributed by atoms with E-state index in [1.54, 1.807) is 30.3 Å². The number of hydrogen-bond acceptors (Lipinski definition) is 5. The van der Waals surface area contributed by atoms with E-state index in [2.05, 4.69) is 15.3 Å². The van der Waals surface area contributed by atoms with Crippen LogP contribution in [0.1, 0.15) is 49.3 Å². The van der Waals surface area contributed by atoms with Crippen molar-refractivity contribution in [3.63, 3.8) is 0 Å². The van der Waals surface area contributed by atoms with Crippen LogP contribution in [0.25, 0.3) is 0 Å². The number of halogens is 2. The summed E-state index contributed by atoms with van der Waals surface area (Å²) in [5.41, 5.74) is 1.86. The third-order valence-corrected chi connectivity index (χ3v) is 7.13. The number of H-pyrrole nitrogens is 1. The summed E-state index contributed by atoms with van der Waals surface area (Å²) in [6.07, 6.45) is 0.947. The summed E-state index contributed by atoms with van der Waals surface area (Å²) >= 11 is 1.21. The van der Waals surface area contributed by atoms with E-state index in [4.69, 9.17) is 0 Å². The molecule has 3 aromatic rings. The minimum absolute atomic E-state index is 0.0592. The van der Waals surface area contributed by atoms with E-state index in [0.717, 1.165) is 0 Å². The van der Waals surface area contributed by atoms with Gasteiger partial charge in [0, 0.05) is 29.4 Å². The molecule has 34 heavy (non-hydrogen) atoms. The van der Waals surface area contributed by atoms with Gasteiger partial charge >= 0.3 is 0 Å². The Morgan fingerprint density at radius 1 is 1.09 bits per heavy atom. The van der Waals surface area contributed by atoms with Gasteiger partial charge in [0.05, 0.1) is 5.56 Å². The first-order valence-corrected chi connectivity index (χ1v) is 12.0. The van der Waals surface area contributed by atoms with E-state index < -0.39 is 17.3 Å². The monoisotopic (exact) mass is 479 g/mol. The van der Waals surface area contributed by atoms with Crippen LogP contribution in [0.4, 0.5) is 14.6 Å². The van der Waals surface area contributed by atoms with Crippen molar-refractivity contribution < 1.29 is 13.6 Å². The van der Waals surface area contributed by atoms with Crippen LogP contribution in [0.3, 0.4) is 0 Å². The summed E-state index contributed by atoms with van der Waals surface area (Å²) in [7, 11) is 0. The Morgan fingerprint density at radius 3 is 2.65 bits per heavy atom. The lowest BCUT2D eigenvalue weighted by atomic mass is 9.69. The van der Waals surface area contributed by atoms with E-state index in [1.807, 2.05) is 13.8 Å². The van der Waals surface area contributed by atoms with Gasteiger partial charge in [-0.1, -0.05) is 55.9 Å². The molecule has 2 aromatic carbocycles. The van der Waals surface area contributed by atoms with Gasteiger partial charge in [-0.15, -0.1) is 0 Å². The molecule has 0 bridgehead atoms. The third-order valence-electron chi connectivity index (χ3n) is 6.20. The number of carbonyl (C=O) groups excluding carboxylic acids is 1. The maximum Gasteiger partial charge on any atom is 0.257 e. The largest absolute Gasteiger partial charge is 0.343 e. The summed E-state index contributed by atoms with van der Waals surface area (Å²) < 4.78 is 28.2. The lowest BCUT2D eigenvalue weighted by molar-refractivity contribution is -0.118. The molecule has 0 unspecified atom stereocenters. The predicted octanol–water partition coefficient (Wildman–Crippen LogP) is 5.54. The molecule has 2 heterocycles. The molecule has 2 N–H and O–H groups in total. The van der Waals surface area contributed by atoms with Gasteiger partial charge in [0.2, 0.25) is 0 Å². The van der Waals surface area contributed by atoms with Crippen LogP contribution in [-0.2, 0) is 10.5 Å². The number of allylic oxidation sites excluding steroid dienone is 2. The average Bonchev–Trinajstić information content (AvgIpc) is 2.76. The Bertz CT molecular complexity index is 1400. The standard InChI is InChI=1S/C26H23F2N3O2S/c1-26(2)11-18-21(19(32)12-26)20(14-7-5-8-16(27)10-14)22-23(29-18)30-25(31-24(22)33)34-13-15-6-3-4-9-17(15)28/h3-10,20H,11-13H2,1-2H3,(H2,29,30,31,33)/t20-/m1/s1. The number of thioether (sulfide) groups is 1. The summed E-state index contributed by atoms with van der Waals surface area (Å²) in [5, 5.41) is 3.57. The second-order valence-electron chi connectivity index (χ2n) is 9.46. The van der Waals surface area contributed by atoms with E-state index >= 15 is 0 Å². The van der Waals surface area contributed by atoms with Crippen LogP contribution in [0.5, 0.6) is 0 Å². The normalized spacial score (nSPS) is 18.8. The Morgan fingerprint density at radius 2 is 1.88 bits per heavy atom. The number of carbonyl (C=O) groups is 1. The van der Waals surface area contributed by atoms with E-state index in [-0.39, 0.29) is 22.6 Å². The van der Waals surface area contributed by atoms with Crippen LogP contribution in [0.2, 0.25) is 0 Å². The number of hydrogen-bond donors (Lipinski definition) is 2. The zero-order valence-electron chi connectivity index (χ0n) is 18.7. The fraction of sp³-hybridized carbons (Fsp3) is 0.269. The highest BCUT2D eigenvalue weighted by molar-refractivity contribution is 7.98. The van der Waals surface area contributed by atoms with Gasteiger partial charge in [-0.05, 0) is 41.2 Å². The van der Waals surface area contributed by atoms with Gasteiger partial charge in [0.1, 0.15) is 17.5 Å². The summed E-state index contributed by atoms with van der Waals surface area (Å²) in [6, 6.07) is 12.4. The van der Waals surface area contributed by atoms with Crippen molar-refractivity contribution in [2.45, 2.75) is 43.5 Å². The molecule has 1 aliphatic heterocycles. The van der Waals surface area contributed by atoms with Crippen LogP contribution in [0.15, 0.2) is 69.8 Å². The number of nitrogens with one attached hydrogen (secondary N) is 2. The fourth-order valence-corrected chi connectivity index (χ4v) is 5.59. The van der Waals surface area contributed by atoms with Crippen molar-refractivity contribution >= 4 is 23.4 Å². The number of fused-ring (bicyclic) bond motifs is 1. The number of ketones is 1. The maximum absolute atomic E-state index is 14.1. The predicted molar refractivity (Wildman–Crippen MR) is 128 cm³/mol. The Labute approximate surface area is 199 Å². The first kappa shape index (κ1) is 22.5. The van der Waals surface area contributed by atoms with Crippen LogP contribution >= 0.6 is 11.8 Å². The van der Waals surface area contributed by atoms with Gasteiger partial charge in [-0.2, -0.15) is 0 Å². The Balaban J connectivity index is 1.59. The molecule has 1 atom stereocenters. The summed E-state index contributed by atoms with van der Waals surface area (Å²) in [5.74, 6) is -0.898. The van der Waals surface area contributed by atoms with Crippen molar-refractivity contribution in [3.8, 4) is 0 Å². The number of aromatic amines is 1. The highest BCUT2D eigenvalue weighted by atomic mass is 32.2. The van der Waals surface area contributed by atoms with Gasteiger partial charge in [-0.3, -0.25) is 9.59 Å². The van der Waals surface area contributed by atoms with Crippen molar-refractivity contribution in [1.29, 1.82) is 0 Å². The maximum atomic E-state index is 14.1. The third kappa shape index (κ3) is 4.18. The van der Waals surface area contributed by atoms with Crippen LogP contribution < -0.4 is 10.9 Å². The van der Waals surface area contributed by atoms with Crippen molar-refractivity contribution in [2.75, 3.05) is 5.32 Å². The molecule has 0 amide bonds. The van der Waals surface area contributed by atoms with E-state index in [1.165, 1.54) is 30.0 Å². The number of aromatic nitrogens is 2. The van der Waals surface area contributed by atoms with Gasteiger partial charge < -0.3 is 10.3 Å². The summed E-state index contributed by atoms with van der Waals surface area (Å²) in [4.78, 5) is 33.9. The van der Waals surface area contributed by atoms with Gasteiger partial charge in [-0.25, -0.2) is 13.8 Å². The highest BCUT2D eigenvalue weighted by Crippen LogP contribution is 2.47. The molecule has 1 aliphatic carbocycles. The molecule has 0 saturated carbocycles. The topological polar surface area (TPSA) is 74.8 Å². The molecule has 2 aliphatic rings. The molecular formula is C26H23F2N3O2S. The highest BCUT2D eigenvalue weighted by Gasteiger charge is 2.42. The number of nitrogens with zero attached hydrogens (tertiary/aromatic N) is 1. The molecule has 5 nitrogen and oxygen atoms in total. The SMILES string of the molecule is CC1(C)CC(=O)C2=C(C1)Nc1nc(SCc3ccccc3F)[nH]c(=O)c1[C@@H]2c1cccc(F)c1. The molecule has 0 radical (unpaired) electrons. The lowest BCUT2D eigenvalue weighted by Crippen LogP contribution is -2.37. The first-order valence-electron chi connectivity index (χ1n) is 11.0.